The normalized spacial score (nSPS) is 10.5. The van der Waals surface area contributed by atoms with Crippen LogP contribution < -0.4 is 10.1 Å². The molecule has 0 bridgehead atoms. The molecule has 3 aromatic carbocycles. The van der Waals surface area contributed by atoms with Gasteiger partial charge in [-0.15, -0.1) is 0 Å². The molecule has 0 fully saturated rings. The molecule has 1 amide bonds. The van der Waals surface area contributed by atoms with Gasteiger partial charge < -0.3 is 10.1 Å². The number of nitrogens with one attached hydrogen (secondary N) is 1. The molecule has 0 radical (unpaired) electrons. The third-order valence-corrected chi connectivity index (χ3v) is 4.47. The average molecular weight is 345 g/mol. The Bertz CT molecular complexity index is 774. The van der Waals surface area contributed by atoms with E-state index in [4.69, 9.17) is 4.74 Å². The average Bonchev–Trinajstić information content (AvgIpc) is 2.72. The molecule has 0 aliphatic heterocycles. The van der Waals surface area contributed by atoms with Crippen LogP contribution in [-0.2, 0) is 0 Å². The Kier molecular flexibility index (Phi) is 6.05. The van der Waals surface area contributed by atoms with Crippen molar-refractivity contribution in [2.75, 3.05) is 13.7 Å². The molecule has 0 saturated carbocycles. The Morgan fingerprint density at radius 1 is 0.846 bits per heavy atom. The standard InChI is InChI=1S/C23H23NO2/c1-26-21-14-12-20(13-15-21)23(25)24-17-16-22(18-8-4-2-5-9-18)19-10-6-3-7-11-19/h2-15,22H,16-17H2,1H3,(H,24,25). The van der Waals surface area contributed by atoms with E-state index in [2.05, 4.69) is 53.8 Å². The lowest BCUT2D eigenvalue weighted by Crippen LogP contribution is -2.25. The molecule has 0 unspecified atom stereocenters. The van der Waals surface area contributed by atoms with Gasteiger partial charge in [-0.3, -0.25) is 4.79 Å². The number of hydrogen-bond donors (Lipinski definition) is 1. The summed E-state index contributed by atoms with van der Waals surface area (Å²) in [7, 11) is 1.61. The van der Waals surface area contributed by atoms with Crippen LogP contribution in [0.3, 0.4) is 0 Å². The van der Waals surface area contributed by atoms with Gasteiger partial charge in [-0.05, 0) is 41.8 Å². The highest BCUT2D eigenvalue weighted by atomic mass is 16.5. The Hall–Kier alpha value is -3.07. The summed E-state index contributed by atoms with van der Waals surface area (Å²) in [5, 5.41) is 3.03. The molecule has 132 valence electrons. The first kappa shape index (κ1) is 17.7. The maximum absolute atomic E-state index is 12.3. The summed E-state index contributed by atoms with van der Waals surface area (Å²) in [6, 6.07) is 28.0. The van der Waals surface area contributed by atoms with Crippen molar-refractivity contribution in [3.05, 3.63) is 102 Å². The van der Waals surface area contributed by atoms with Crippen molar-refractivity contribution >= 4 is 5.91 Å². The summed E-state index contributed by atoms with van der Waals surface area (Å²) in [4.78, 5) is 12.3. The van der Waals surface area contributed by atoms with Gasteiger partial charge in [-0.1, -0.05) is 60.7 Å². The monoisotopic (exact) mass is 345 g/mol. The van der Waals surface area contributed by atoms with Gasteiger partial charge in [0, 0.05) is 18.0 Å². The third kappa shape index (κ3) is 4.51. The molecular formula is C23H23NO2. The van der Waals surface area contributed by atoms with E-state index in [1.165, 1.54) is 11.1 Å². The van der Waals surface area contributed by atoms with Crippen LogP contribution in [0.4, 0.5) is 0 Å². The summed E-state index contributed by atoms with van der Waals surface area (Å²) in [6.07, 6.45) is 0.843. The van der Waals surface area contributed by atoms with Crippen molar-refractivity contribution in [3.63, 3.8) is 0 Å². The molecule has 0 saturated heterocycles. The van der Waals surface area contributed by atoms with Gasteiger partial charge in [0.15, 0.2) is 0 Å². The molecule has 0 aliphatic carbocycles. The van der Waals surface area contributed by atoms with Crippen molar-refractivity contribution < 1.29 is 9.53 Å². The molecule has 0 atom stereocenters. The van der Waals surface area contributed by atoms with Crippen LogP contribution in [0.15, 0.2) is 84.9 Å². The maximum atomic E-state index is 12.3. The first-order valence-corrected chi connectivity index (χ1v) is 8.80. The number of rotatable bonds is 7. The zero-order chi connectivity index (χ0) is 18.2. The van der Waals surface area contributed by atoms with E-state index in [1.54, 1.807) is 31.4 Å². The summed E-state index contributed by atoms with van der Waals surface area (Å²) >= 11 is 0. The molecule has 26 heavy (non-hydrogen) atoms. The van der Waals surface area contributed by atoms with Gasteiger partial charge in [-0.2, -0.15) is 0 Å². The zero-order valence-corrected chi connectivity index (χ0v) is 14.9. The molecular weight excluding hydrogens is 322 g/mol. The number of carbonyl (C=O) groups excluding carboxylic acids is 1. The highest BCUT2D eigenvalue weighted by molar-refractivity contribution is 5.94. The summed E-state index contributed by atoms with van der Waals surface area (Å²) in [6.45, 7) is 0.610. The molecule has 1 N–H and O–H groups in total. The fourth-order valence-corrected chi connectivity index (χ4v) is 3.07. The second-order valence-corrected chi connectivity index (χ2v) is 6.15. The topological polar surface area (TPSA) is 38.3 Å². The molecule has 0 aromatic heterocycles. The van der Waals surface area contributed by atoms with E-state index in [0.717, 1.165) is 12.2 Å². The molecule has 3 heteroatoms. The van der Waals surface area contributed by atoms with Gasteiger partial charge in [0.1, 0.15) is 5.75 Å². The molecule has 0 spiro atoms. The van der Waals surface area contributed by atoms with Gasteiger partial charge in [0.2, 0.25) is 0 Å². The van der Waals surface area contributed by atoms with E-state index in [0.29, 0.717) is 12.1 Å². The first-order valence-electron chi connectivity index (χ1n) is 8.80. The first-order chi connectivity index (χ1) is 12.8. The summed E-state index contributed by atoms with van der Waals surface area (Å²) in [5.74, 6) is 0.941. The van der Waals surface area contributed by atoms with Crippen LogP contribution in [0.25, 0.3) is 0 Å². The van der Waals surface area contributed by atoms with Crippen molar-refractivity contribution in [2.24, 2.45) is 0 Å². The summed E-state index contributed by atoms with van der Waals surface area (Å²) in [5.41, 5.74) is 3.16. The Balaban J connectivity index is 1.65. The number of amides is 1. The van der Waals surface area contributed by atoms with Gasteiger partial charge in [-0.25, -0.2) is 0 Å². The van der Waals surface area contributed by atoms with Crippen LogP contribution >= 0.6 is 0 Å². The lowest BCUT2D eigenvalue weighted by atomic mass is 9.88. The van der Waals surface area contributed by atoms with E-state index >= 15 is 0 Å². The minimum atomic E-state index is -0.0625. The van der Waals surface area contributed by atoms with E-state index in [-0.39, 0.29) is 11.8 Å². The Labute approximate surface area is 154 Å². The largest absolute Gasteiger partial charge is 0.497 e. The number of hydrogen-bond acceptors (Lipinski definition) is 2. The number of carbonyl (C=O) groups is 1. The van der Waals surface area contributed by atoms with Crippen LogP contribution in [-0.4, -0.2) is 19.6 Å². The predicted molar refractivity (Wildman–Crippen MR) is 105 cm³/mol. The van der Waals surface area contributed by atoms with Crippen molar-refractivity contribution in [2.45, 2.75) is 12.3 Å². The maximum Gasteiger partial charge on any atom is 0.251 e. The SMILES string of the molecule is COc1ccc(C(=O)NCCC(c2ccccc2)c2ccccc2)cc1. The number of ether oxygens (including phenoxy) is 1. The predicted octanol–water partition coefficient (Wildman–Crippen LogP) is 4.65. The highest BCUT2D eigenvalue weighted by Crippen LogP contribution is 2.27. The number of benzene rings is 3. The number of methoxy groups -OCH3 is 1. The van der Waals surface area contributed by atoms with E-state index in [9.17, 15) is 4.79 Å². The van der Waals surface area contributed by atoms with Gasteiger partial charge in [0.25, 0.3) is 5.91 Å². The molecule has 0 aliphatic rings. The van der Waals surface area contributed by atoms with Gasteiger partial charge >= 0.3 is 0 Å². The second-order valence-electron chi connectivity index (χ2n) is 6.15. The van der Waals surface area contributed by atoms with E-state index in [1.807, 2.05) is 12.1 Å². The minimum Gasteiger partial charge on any atom is -0.497 e. The quantitative estimate of drug-likeness (QED) is 0.677. The van der Waals surface area contributed by atoms with Crippen LogP contribution in [0.1, 0.15) is 33.8 Å². The van der Waals surface area contributed by atoms with Crippen molar-refractivity contribution in [1.29, 1.82) is 0 Å². The van der Waals surface area contributed by atoms with Crippen LogP contribution in [0.2, 0.25) is 0 Å². The molecule has 3 nitrogen and oxygen atoms in total. The van der Waals surface area contributed by atoms with Crippen molar-refractivity contribution in [3.8, 4) is 5.75 Å². The molecule has 3 rings (SSSR count). The second kappa shape index (κ2) is 8.86. The third-order valence-electron chi connectivity index (χ3n) is 4.47. The fourth-order valence-electron chi connectivity index (χ4n) is 3.07. The lowest BCUT2D eigenvalue weighted by Gasteiger charge is -2.18. The zero-order valence-electron chi connectivity index (χ0n) is 14.9. The summed E-state index contributed by atoms with van der Waals surface area (Å²) < 4.78 is 5.13. The smallest absolute Gasteiger partial charge is 0.251 e. The molecule has 0 heterocycles. The van der Waals surface area contributed by atoms with Crippen LogP contribution in [0, 0.1) is 0 Å². The van der Waals surface area contributed by atoms with Crippen molar-refractivity contribution in [1.82, 2.24) is 5.32 Å². The molecule has 3 aromatic rings. The lowest BCUT2D eigenvalue weighted by molar-refractivity contribution is 0.0953. The van der Waals surface area contributed by atoms with Gasteiger partial charge in [0.05, 0.1) is 7.11 Å². The Morgan fingerprint density at radius 3 is 1.88 bits per heavy atom. The highest BCUT2D eigenvalue weighted by Gasteiger charge is 2.14. The minimum absolute atomic E-state index is 0.0625. The Morgan fingerprint density at radius 2 is 1.38 bits per heavy atom. The van der Waals surface area contributed by atoms with Crippen LogP contribution in [0.5, 0.6) is 5.75 Å². The van der Waals surface area contributed by atoms with E-state index < -0.39 is 0 Å². The fraction of sp³-hybridized carbons (Fsp3) is 0.174.